The van der Waals surface area contributed by atoms with Crippen molar-refractivity contribution < 1.29 is 8.42 Å². The Bertz CT molecular complexity index is 787. The molecular weight excluding hydrogens is 399 g/mol. The quantitative estimate of drug-likeness (QED) is 0.735. The van der Waals surface area contributed by atoms with Gasteiger partial charge in [0.2, 0.25) is 0 Å². The van der Waals surface area contributed by atoms with Gasteiger partial charge in [0.1, 0.15) is 0 Å². The summed E-state index contributed by atoms with van der Waals surface area (Å²) in [5.74, 6) is 0. The smallest absolute Gasteiger partial charge is 0.262 e. The Morgan fingerprint density at radius 3 is 2.29 bits per heavy atom. The van der Waals surface area contributed by atoms with E-state index < -0.39 is 10.0 Å². The van der Waals surface area contributed by atoms with Crippen molar-refractivity contribution in [3.63, 3.8) is 0 Å². The molecule has 2 aromatic rings. The standard InChI is InChI=1S/C13H11BrCl2N2O2S/c1-7-2-3-9(17)6-12(7)21(19,20)18-13-10(15)4-8(14)5-11(13)16/h2-6,18H,17H2,1H3. The molecule has 0 saturated carbocycles. The Hall–Kier alpha value is -0.950. The van der Waals surface area contributed by atoms with Crippen LogP contribution >= 0.6 is 39.1 Å². The van der Waals surface area contributed by atoms with Crippen molar-refractivity contribution >= 4 is 60.5 Å². The van der Waals surface area contributed by atoms with Crippen LogP contribution in [0, 0.1) is 6.92 Å². The molecule has 0 aromatic heterocycles. The van der Waals surface area contributed by atoms with Gasteiger partial charge in [-0.15, -0.1) is 0 Å². The summed E-state index contributed by atoms with van der Waals surface area (Å²) in [6.07, 6.45) is 0. The third-order valence-electron chi connectivity index (χ3n) is 2.75. The molecule has 0 aliphatic heterocycles. The van der Waals surface area contributed by atoms with E-state index in [9.17, 15) is 8.42 Å². The zero-order valence-electron chi connectivity index (χ0n) is 10.8. The van der Waals surface area contributed by atoms with Gasteiger partial charge in [-0.05, 0) is 36.8 Å². The molecule has 0 spiro atoms. The minimum absolute atomic E-state index is 0.0811. The highest BCUT2D eigenvalue weighted by atomic mass is 79.9. The van der Waals surface area contributed by atoms with Crippen LogP contribution in [-0.2, 0) is 10.0 Å². The van der Waals surface area contributed by atoms with Gasteiger partial charge >= 0.3 is 0 Å². The molecule has 0 atom stereocenters. The van der Waals surface area contributed by atoms with Crippen LogP contribution in [-0.4, -0.2) is 8.42 Å². The zero-order chi connectivity index (χ0) is 15.8. The number of hydrogen-bond acceptors (Lipinski definition) is 3. The van der Waals surface area contributed by atoms with E-state index in [1.54, 1.807) is 31.2 Å². The van der Waals surface area contributed by atoms with Crippen molar-refractivity contribution in [2.75, 3.05) is 10.5 Å². The maximum atomic E-state index is 12.5. The van der Waals surface area contributed by atoms with Crippen LogP contribution in [0.1, 0.15) is 5.56 Å². The molecule has 0 fully saturated rings. The van der Waals surface area contributed by atoms with Crippen LogP contribution in [0.4, 0.5) is 11.4 Å². The minimum Gasteiger partial charge on any atom is -0.399 e. The highest BCUT2D eigenvalue weighted by Crippen LogP contribution is 2.35. The average Bonchev–Trinajstić information content (AvgIpc) is 2.36. The van der Waals surface area contributed by atoms with Crippen molar-refractivity contribution in [3.8, 4) is 0 Å². The van der Waals surface area contributed by atoms with Crippen LogP contribution in [0.3, 0.4) is 0 Å². The summed E-state index contributed by atoms with van der Waals surface area (Å²) in [6.45, 7) is 1.68. The lowest BCUT2D eigenvalue weighted by molar-refractivity contribution is 0.600. The zero-order valence-corrected chi connectivity index (χ0v) is 14.7. The number of rotatable bonds is 3. The van der Waals surface area contributed by atoms with Gasteiger partial charge in [-0.1, -0.05) is 45.2 Å². The fraction of sp³-hybridized carbons (Fsp3) is 0.0769. The van der Waals surface area contributed by atoms with Crippen LogP contribution in [0.15, 0.2) is 39.7 Å². The molecule has 2 rings (SSSR count). The molecule has 0 aliphatic carbocycles. The third kappa shape index (κ3) is 3.63. The van der Waals surface area contributed by atoms with Crippen molar-refractivity contribution in [1.29, 1.82) is 0 Å². The van der Waals surface area contributed by atoms with Gasteiger partial charge in [0.25, 0.3) is 10.0 Å². The number of benzene rings is 2. The minimum atomic E-state index is -3.84. The first kappa shape index (κ1) is 16.4. The number of nitrogen functional groups attached to an aromatic ring is 1. The summed E-state index contributed by atoms with van der Waals surface area (Å²) in [6, 6.07) is 7.76. The number of halogens is 3. The van der Waals surface area contributed by atoms with Gasteiger partial charge in [0.05, 0.1) is 20.6 Å². The van der Waals surface area contributed by atoms with E-state index in [0.717, 1.165) is 0 Å². The number of nitrogens with one attached hydrogen (secondary N) is 1. The molecule has 4 nitrogen and oxygen atoms in total. The molecule has 112 valence electrons. The van der Waals surface area contributed by atoms with Gasteiger partial charge < -0.3 is 5.73 Å². The molecule has 8 heteroatoms. The van der Waals surface area contributed by atoms with E-state index in [-0.39, 0.29) is 20.6 Å². The summed E-state index contributed by atoms with van der Waals surface area (Å²) in [5, 5.41) is 0.388. The molecule has 3 N–H and O–H groups in total. The molecular formula is C13H11BrCl2N2O2S. The number of aryl methyl sites for hydroxylation is 1. The van der Waals surface area contributed by atoms with Gasteiger partial charge in [-0.25, -0.2) is 8.42 Å². The van der Waals surface area contributed by atoms with E-state index in [0.29, 0.717) is 15.7 Å². The molecule has 0 radical (unpaired) electrons. The Morgan fingerprint density at radius 2 is 1.71 bits per heavy atom. The van der Waals surface area contributed by atoms with E-state index in [1.807, 2.05) is 0 Å². The Kier molecular flexibility index (Phi) is 4.72. The molecule has 2 aromatic carbocycles. The second kappa shape index (κ2) is 6.04. The monoisotopic (exact) mass is 408 g/mol. The number of hydrogen-bond donors (Lipinski definition) is 2. The van der Waals surface area contributed by atoms with Crippen molar-refractivity contribution in [2.24, 2.45) is 0 Å². The van der Waals surface area contributed by atoms with E-state index in [2.05, 4.69) is 20.7 Å². The van der Waals surface area contributed by atoms with Crippen LogP contribution < -0.4 is 10.5 Å². The summed E-state index contributed by atoms with van der Waals surface area (Å²) in [7, 11) is -3.84. The Morgan fingerprint density at radius 1 is 1.14 bits per heavy atom. The lowest BCUT2D eigenvalue weighted by Crippen LogP contribution is -2.15. The normalized spacial score (nSPS) is 11.4. The lowest BCUT2D eigenvalue weighted by atomic mass is 10.2. The van der Waals surface area contributed by atoms with Gasteiger partial charge in [-0.3, -0.25) is 4.72 Å². The first-order valence-electron chi connectivity index (χ1n) is 5.74. The summed E-state index contributed by atoms with van der Waals surface area (Å²) >= 11 is 15.3. The average molecular weight is 410 g/mol. The van der Waals surface area contributed by atoms with Crippen LogP contribution in [0.5, 0.6) is 0 Å². The van der Waals surface area contributed by atoms with Crippen LogP contribution in [0.2, 0.25) is 10.0 Å². The molecule has 0 amide bonds. The predicted octanol–water partition coefficient (Wildman–Crippen LogP) is 4.45. The van der Waals surface area contributed by atoms with E-state index in [1.165, 1.54) is 6.07 Å². The second-order valence-electron chi connectivity index (χ2n) is 4.37. The highest BCUT2D eigenvalue weighted by Gasteiger charge is 2.20. The van der Waals surface area contributed by atoms with Gasteiger partial charge in [-0.2, -0.15) is 0 Å². The topological polar surface area (TPSA) is 72.2 Å². The van der Waals surface area contributed by atoms with Gasteiger partial charge in [0.15, 0.2) is 0 Å². The maximum absolute atomic E-state index is 12.5. The third-order valence-corrected chi connectivity index (χ3v) is 5.29. The fourth-order valence-electron chi connectivity index (χ4n) is 1.74. The predicted molar refractivity (Wildman–Crippen MR) is 90.6 cm³/mol. The Labute approximate surface area is 141 Å². The number of anilines is 2. The number of sulfonamides is 1. The molecule has 0 heterocycles. The molecule has 21 heavy (non-hydrogen) atoms. The first-order valence-corrected chi connectivity index (χ1v) is 8.77. The molecule has 0 bridgehead atoms. The fourth-order valence-corrected chi connectivity index (χ4v) is 4.53. The van der Waals surface area contributed by atoms with E-state index in [4.69, 9.17) is 28.9 Å². The lowest BCUT2D eigenvalue weighted by Gasteiger charge is -2.13. The van der Waals surface area contributed by atoms with Crippen LogP contribution in [0.25, 0.3) is 0 Å². The summed E-state index contributed by atoms with van der Waals surface area (Å²) < 4.78 is 28.0. The first-order chi connectivity index (χ1) is 9.70. The summed E-state index contributed by atoms with van der Waals surface area (Å²) in [5.41, 5.74) is 6.70. The maximum Gasteiger partial charge on any atom is 0.262 e. The van der Waals surface area contributed by atoms with Crippen molar-refractivity contribution in [1.82, 2.24) is 0 Å². The summed E-state index contributed by atoms with van der Waals surface area (Å²) in [4.78, 5) is 0.0811. The van der Waals surface area contributed by atoms with Crippen molar-refractivity contribution in [2.45, 2.75) is 11.8 Å². The number of nitrogens with two attached hydrogens (primary N) is 1. The highest BCUT2D eigenvalue weighted by molar-refractivity contribution is 9.10. The second-order valence-corrected chi connectivity index (χ2v) is 7.76. The molecule has 0 aliphatic rings. The molecule has 0 saturated heterocycles. The van der Waals surface area contributed by atoms with Gasteiger partial charge in [0, 0.05) is 10.2 Å². The largest absolute Gasteiger partial charge is 0.399 e. The SMILES string of the molecule is Cc1ccc(N)cc1S(=O)(=O)Nc1c(Cl)cc(Br)cc1Cl. The Balaban J connectivity index is 2.50. The van der Waals surface area contributed by atoms with E-state index >= 15 is 0 Å². The molecule has 0 unspecified atom stereocenters. The van der Waals surface area contributed by atoms with Crippen molar-refractivity contribution in [3.05, 3.63) is 50.4 Å².